The molecule has 1 N–H and O–H groups in total. The van der Waals surface area contributed by atoms with Crippen LogP contribution in [-0.4, -0.2) is 19.9 Å². The zero-order valence-corrected chi connectivity index (χ0v) is 11.2. The molecule has 0 spiro atoms. The maximum atomic E-state index is 13.3. The summed E-state index contributed by atoms with van der Waals surface area (Å²) in [5.41, 5.74) is 0.771. The molecular formula is C13H11FN2O3S. The third-order valence-corrected chi connectivity index (χ3v) is 5.05. The average molecular weight is 294 g/mol. The summed E-state index contributed by atoms with van der Waals surface area (Å²) in [5.74, 6) is -0.479. The predicted octanol–water partition coefficient (Wildman–Crippen LogP) is 1.27. The van der Waals surface area contributed by atoms with Crippen LogP contribution >= 0.6 is 0 Å². The summed E-state index contributed by atoms with van der Waals surface area (Å²) in [6.45, 7) is 0.264. The van der Waals surface area contributed by atoms with Gasteiger partial charge in [-0.15, -0.1) is 0 Å². The first-order valence-electron chi connectivity index (χ1n) is 5.98. The van der Waals surface area contributed by atoms with Crippen LogP contribution in [0.1, 0.15) is 5.56 Å². The van der Waals surface area contributed by atoms with Crippen LogP contribution in [0.2, 0.25) is 0 Å². The van der Waals surface area contributed by atoms with E-state index in [0.29, 0.717) is 12.1 Å². The van der Waals surface area contributed by atoms with Crippen molar-refractivity contribution in [2.75, 3.05) is 10.8 Å². The molecule has 0 bridgehead atoms. The Hall–Kier alpha value is -2.15. The molecule has 20 heavy (non-hydrogen) atoms. The summed E-state index contributed by atoms with van der Waals surface area (Å²) < 4.78 is 39.5. The third kappa shape index (κ3) is 2.00. The zero-order valence-electron chi connectivity index (χ0n) is 10.3. The number of H-pyrrole nitrogens is 1. The van der Waals surface area contributed by atoms with Crippen molar-refractivity contribution in [3.8, 4) is 0 Å². The van der Waals surface area contributed by atoms with Gasteiger partial charge in [0.15, 0.2) is 0 Å². The van der Waals surface area contributed by atoms with Crippen LogP contribution in [0.5, 0.6) is 0 Å². The van der Waals surface area contributed by atoms with E-state index < -0.39 is 15.8 Å². The lowest BCUT2D eigenvalue weighted by Gasteiger charge is -2.19. The minimum atomic E-state index is -3.79. The van der Waals surface area contributed by atoms with Gasteiger partial charge in [-0.1, -0.05) is 6.07 Å². The molecule has 3 rings (SSSR count). The lowest BCUT2D eigenvalue weighted by molar-refractivity contribution is 0.591. The molecular weight excluding hydrogens is 283 g/mol. The summed E-state index contributed by atoms with van der Waals surface area (Å²) in [4.78, 5) is 13.3. The fourth-order valence-electron chi connectivity index (χ4n) is 2.26. The van der Waals surface area contributed by atoms with Gasteiger partial charge in [-0.3, -0.25) is 9.10 Å². The number of fused-ring (bicyclic) bond motifs is 1. The molecule has 1 aromatic heterocycles. The van der Waals surface area contributed by atoms with Crippen molar-refractivity contribution in [3.05, 3.63) is 58.3 Å². The molecule has 2 aromatic rings. The SMILES string of the molecule is O=c1ccc(S(=O)(=O)N2CCc3ccc(F)cc32)c[nH]1. The zero-order chi connectivity index (χ0) is 14.3. The van der Waals surface area contributed by atoms with Gasteiger partial charge in [0, 0.05) is 18.8 Å². The van der Waals surface area contributed by atoms with E-state index in [4.69, 9.17) is 0 Å². The average Bonchev–Trinajstić information content (AvgIpc) is 2.82. The molecule has 0 saturated heterocycles. The quantitative estimate of drug-likeness (QED) is 0.906. The second-order valence-electron chi connectivity index (χ2n) is 4.49. The molecule has 104 valence electrons. The topological polar surface area (TPSA) is 70.2 Å². The number of nitrogens with one attached hydrogen (secondary N) is 1. The molecule has 0 amide bonds. The van der Waals surface area contributed by atoms with E-state index in [0.717, 1.165) is 17.8 Å². The minimum Gasteiger partial charge on any atom is -0.328 e. The number of aromatic nitrogens is 1. The Labute approximate surface area is 114 Å². The molecule has 0 saturated carbocycles. The van der Waals surface area contributed by atoms with E-state index in [1.54, 1.807) is 6.07 Å². The Morgan fingerprint density at radius 1 is 1.20 bits per heavy atom. The van der Waals surface area contributed by atoms with Gasteiger partial charge in [0.1, 0.15) is 10.7 Å². The largest absolute Gasteiger partial charge is 0.328 e. The smallest absolute Gasteiger partial charge is 0.265 e. The van der Waals surface area contributed by atoms with Crippen LogP contribution in [0.25, 0.3) is 0 Å². The first-order chi connectivity index (χ1) is 9.48. The Morgan fingerprint density at radius 3 is 2.70 bits per heavy atom. The van der Waals surface area contributed by atoms with Crippen LogP contribution in [0, 0.1) is 5.82 Å². The number of pyridine rings is 1. The number of aromatic amines is 1. The molecule has 0 aliphatic carbocycles. The second kappa shape index (κ2) is 4.45. The Bertz CT molecular complexity index is 809. The highest BCUT2D eigenvalue weighted by Crippen LogP contribution is 2.33. The van der Waals surface area contributed by atoms with Crippen LogP contribution in [0.3, 0.4) is 0 Å². The highest BCUT2D eigenvalue weighted by molar-refractivity contribution is 7.92. The highest BCUT2D eigenvalue weighted by atomic mass is 32.2. The van der Waals surface area contributed by atoms with Gasteiger partial charge < -0.3 is 4.98 Å². The summed E-state index contributed by atoms with van der Waals surface area (Å²) in [7, 11) is -3.79. The number of hydrogen-bond donors (Lipinski definition) is 1. The van der Waals surface area contributed by atoms with Crippen molar-refractivity contribution in [2.45, 2.75) is 11.3 Å². The van der Waals surface area contributed by atoms with E-state index in [1.165, 1.54) is 22.5 Å². The van der Waals surface area contributed by atoms with Gasteiger partial charge in [0.2, 0.25) is 5.56 Å². The van der Waals surface area contributed by atoms with E-state index in [1.807, 2.05) is 0 Å². The number of nitrogens with zero attached hydrogens (tertiary/aromatic N) is 1. The molecule has 1 aliphatic rings. The standard InChI is InChI=1S/C13H11FN2O3S/c14-10-2-1-9-5-6-16(12(9)7-10)20(18,19)11-3-4-13(17)15-8-11/h1-4,7-8H,5-6H2,(H,15,17). The van der Waals surface area contributed by atoms with Crippen molar-refractivity contribution in [2.24, 2.45) is 0 Å². The van der Waals surface area contributed by atoms with Gasteiger partial charge in [0.05, 0.1) is 5.69 Å². The first kappa shape index (κ1) is 12.9. The fourth-order valence-corrected chi connectivity index (χ4v) is 3.72. The first-order valence-corrected chi connectivity index (χ1v) is 7.42. The maximum absolute atomic E-state index is 13.3. The number of sulfonamides is 1. The van der Waals surface area contributed by atoms with Crippen molar-refractivity contribution >= 4 is 15.7 Å². The van der Waals surface area contributed by atoms with Gasteiger partial charge in [-0.05, 0) is 30.2 Å². The molecule has 0 fully saturated rings. The Balaban J connectivity index is 2.09. The normalized spacial score (nSPS) is 14.3. The van der Waals surface area contributed by atoms with Crippen molar-refractivity contribution in [1.82, 2.24) is 4.98 Å². The fraction of sp³-hybridized carbons (Fsp3) is 0.154. The number of halogens is 1. The van der Waals surface area contributed by atoms with Crippen molar-refractivity contribution < 1.29 is 12.8 Å². The molecule has 2 heterocycles. The summed E-state index contributed by atoms with van der Waals surface area (Å²) >= 11 is 0. The maximum Gasteiger partial charge on any atom is 0.265 e. The molecule has 1 aliphatic heterocycles. The molecule has 5 nitrogen and oxygen atoms in total. The third-order valence-electron chi connectivity index (χ3n) is 3.24. The molecule has 1 aromatic carbocycles. The van der Waals surface area contributed by atoms with E-state index >= 15 is 0 Å². The Morgan fingerprint density at radius 2 is 2.00 bits per heavy atom. The monoisotopic (exact) mass is 294 g/mol. The van der Waals surface area contributed by atoms with Gasteiger partial charge in [0.25, 0.3) is 10.0 Å². The molecule has 7 heteroatoms. The van der Waals surface area contributed by atoms with Gasteiger partial charge >= 0.3 is 0 Å². The highest BCUT2D eigenvalue weighted by Gasteiger charge is 2.31. The van der Waals surface area contributed by atoms with Crippen LogP contribution in [0.15, 0.2) is 46.2 Å². The molecule has 0 unspecified atom stereocenters. The summed E-state index contributed by atoms with van der Waals surface area (Å²) in [6.07, 6.45) is 1.69. The van der Waals surface area contributed by atoms with E-state index in [-0.39, 0.29) is 17.0 Å². The second-order valence-corrected chi connectivity index (χ2v) is 6.35. The van der Waals surface area contributed by atoms with Crippen LogP contribution < -0.4 is 9.86 Å². The number of anilines is 1. The minimum absolute atomic E-state index is 0.0192. The predicted molar refractivity (Wildman–Crippen MR) is 71.7 cm³/mol. The van der Waals surface area contributed by atoms with Crippen molar-refractivity contribution in [1.29, 1.82) is 0 Å². The number of rotatable bonds is 2. The Kier molecular flexibility index (Phi) is 2.86. The lowest BCUT2D eigenvalue weighted by Crippen LogP contribution is -2.29. The van der Waals surface area contributed by atoms with Crippen molar-refractivity contribution in [3.63, 3.8) is 0 Å². The van der Waals surface area contributed by atoms with Crippen LogP contribution in [0.4, 0.5) is 10.1 Å². The lowest BCUT2D eigenvalue weighted by atomic mass is 10.2. The molecule has 0 radical (unpaired) electrons. The number of benzene rings is 1. The molecule has 0 atom stereocenters. The summed E-state index contributed by atoms with van der Waals surface area (Å²) in [5, 5.41) is 0. The van der Waals surface area contributed by atoms with Crippen LogP contribution in [-0.2, 0) is 16.4 Å². The van der Waals surface area contributed by atoms with E-state index in [9.17, 15) is 17.6 Å². The van der Waals surface area contributed by atoms with Gasteiger partial charge in [-0.25, -0.2) is 12.8 Å². The van der Waals surface area contributed by atoms with Gasteiger partial charge in [-0.2, -0.15) is 0 Å². The number of hydrogen-bond acceptors (Lipinski definition) is 3. The van der Waals surface area contributed by atoms with E-state index in [2.05, 4.69) is 4.98 Å². The summed E-state index contributed by atoms with van der Waals surface area (Å²) in [6, 6.07) is 6.51.